The maximum Gasteiger partial charge on any atom is 0.243 e. The van der Waals surface area contributed by atoms with Crippen molar-refractivity contribution in [1.82, 2.24) is 14.5 Å². The summed E-state index contributed by atoms with van der Waals surface area (Å²) in [6.45, 7) is 3.55. The molecule has 20 heavy (non-hydrogen) atoms. The van der Waals surface area contributed by atoms with Crippen molar-refractivity contribution in [2.24, 2.45) is 0 Å². The lowest BCUT2D eigenvalue weighted by Gasteiger charge is -2.20. The summed E-state index contributed by atoms with van der Waals surface area (Å²) < 4.78 is 26.7. The molecule has 1 saturated heterocycles. The summed E-state index contributed by atoms with van der Waals surface area (Å²) in [6.07, 6.45) is 0.859. The van der Waals surface area contributed by atoms with Gasteiger partial charge in [0.05, 0.1) is 4.90 Å². The van der Waals surface area contributed by atoms with Crippen molar-refractivity contribution >= 4 is 10.0 Å². The third-order valence-electron chi connectivity index (χ3n) is 3.36. The average molecular weight is 297 g/mol. The molecule has 1 aromatic carbocycles. The van der Waals surface area contributed by atoms with Gasteiger partial charge in [-0.1, -0.05) is 12.1 Å². The van der Waals surface area contributed by atoms with Gasteiger partial charge in [-0.3, -0.25) is 0 Å². The van der Waals surface area contributed by atoms with Gasteiger partial charge in [0.15, 0.2) is 0 Å². The monoisotopic (exact) mass is 297 g/mol. The Kier molecular flexibility index (Phi) is 5.15. The maximum absolute atomic E-state index is 12.6. The third kappa shape index (κ3) is 3.79. The molecule has 0 aliphatic carbocycles. The number of hydrogen-bond acceptors (Lipinski definition) is 4. The molecule has 1 fully saturated rings. The minimum Gasteiger partial charge on any atom is -0.315 e. The lowest BCUT2D eigenvalue weighted by molar-refractivity contribution is 0.402. The molecule has 1 aliphatic rings. The Morgan fingerprint density at radius 2 is 1.85 bits per heavy atom. The van der Waals surface area contributed by atoms with Gasteiger partial charge in [-0.2, -0.15) is 4.31 Å². The second-order valence-electron chi connectivity index (χ2n) is 5.39. The van der Waals surface area contributed by atoms with Crippen molar-refractivity contribution in [3.8, 4) is 0 Å². The number of rotatable bonds is 4. The van der Waals surface area contributed by atoms with Crippen molar-refractivity contribution in [2.45, 2.75) is 17.9 Å². The van der Waals surface area contributed by atoms with E-state index in [1.165, 1.54) is 0 Å². The van der Waals surface area contributed by atoms with Crippen LogP contribution in [0.5, 0.6) is 0 Å². The quantitative estimate of drug-likeness (QED) is 0.890. The van der Waals surface area contributed by atoms with Gasteiger partial charge in [-0.15, -0.1) is 0 Å². The van der Waals surface area contributed by atoms with Gasteiger partial charge < -0.3 is 10.2 Å². The highest BCUT2D eigenvalue weighted by molar-refractivity contribution is 7.89. The van der Waals surface area contributed by atoms with E-state index < -0.39 is 10.0 Å². The average Bonchev–Trinajstić information content (AvgIpc) is 2.68. The van der Waals surface area contributed by atoms with Crippen LogP contribution >= 0.6 is 0 Å². The van der Waals surface area contributed by atoms with Gasteiger partial charge in [0.1, 0.15) is 0 Å². The molecule has 1 heterocycles. The molecule has 0 unspecified atom stereocenters. The first kappa shape index (κ1) is 15.4. The summed E-state index contributed by atoms with van der Waals surface area (Å²) >= 11 is 0. The largest absolute Gasteiger partial charge is 0.315 e. The molecule has 0 amide bonds. The fourth-order valence-corrected chi connectivity index (χ4v) is 3.82. The summed E-state index contributed by atoms with van der Waals surface area (Å²) in [5.41, 5.74) is 1.12. The van der Waals surface area contributed by atoms with Crippen LogP contribution in [0.4, 0.5) is 0 Å². The van der Waals surface area contributed by atoms with Crippen molar-refractivity contribution in [3.63, 3.8) is 0 Å². The molecular formula is C14H23N3O2S. The van der Waals surface area contributed by atoms with E-state index in [9.17, 15) is 8.42 Å². The molecule has 112 valence electrons. The SMILES string of the molecule is CN(C)Cc1ccc(S(=O)(=O)N2CCCNCC2)cc1. The first-order chi connectivity index (χ1) is 9.50. The van der Waals surface area contributed by atoms with Crippen LogP contribution in [-0.2, 0) is 16.6 Å². The van der Waals surface area contributed by atoms with Crippen molar-refractivity contribution in [2.75, 3.05) is 40.3 Å². The summed E-state index contributed by atoms with van der Waals surface area (Å²) in [5, 5.41) is 3.22. The zero-order chi connectivity index (χ0) is 14.6. The molecular weight excluding hydrogens is 274 g/mol. The zero-order valence-electron chi connectivity index (χ0n) is 12.2. The second kappa shape index (κ2) is 6.67. The predicted molar refractivity (Wildman–Crippen MR) is 80.1 cm³/mol. The van der Waals surface area contributed by atoms with Crippen LogP contribution in [0, 0.1) is 0 Å². The van der Waals surface area contributed by atoms with Crippen LogP contribution in [0.1, 0.15) is 12.0 Å². The van der Waals surface area contributed by atoms with Gasteiger partial charge in [-0.05, 0) is 44.8 Å². The topological polar surface area (TPSA) is 52.7 Å². The van der Waals surface area contributed by atoms with Crippen molar-refractivity contribution in [3.05, 3.63) is 29.8 Å². The molecule has 1 aromatic rings. The molecule has 0 spiro atoms. The number of hydrogen-bond donors (Lipinski definition) is 1. The summed E-state index contributed by atoms with van der Waals surface area (Å²) in [4.78, 5) is 2.45. The molecule has 0 saturated carbocycles. The van der Waals surface area contributed by atoms with Crippen molar-refractivity contribution in [1.29, 1.82) is 0 Å². The highest BCUT2D eigenvalue weighted by Gasteiger charge is 2.24. The molecule has 2 rings (SSSR count). The van der Waals surface area contributed by atoms with E-state index in [1.807, 2.05) is 26.2 Å². The first-order valence-electron chi connectivity index (χ1n) is 6.95. The number of nitrogens with one attached hydrogen (secondary N) is 1. The Bertz CT molecular complexity index is 518. The van der Waals surface area contributed by atoms with E-state index in [-0.39, 0.29) is 0 Å². The Morgan fingerprint density at radius 1 is 1.15 bits per heavy atom. The van der Waals surface area contributed by atoms with Crippen LogP contribution in [0.3, 0.4) is 0 Å². The standard InChI is InChI=1S/C14H23N3O2S/c1-16(2)12-13-4-6-14(7-5-13)20(18,19)17-10-3-8-15-9-11-17/h4-7,15H,3,8-12H2,1-2H3. The molecule has 0 atom stereocenters. The van der Waals surface area contributed by atoms with E-state index in [4.69, 9.17) is 0 Å². The molecule has 6 heteroatoms. The van der Waals surface area contributed by atoms with Crippen molar-refractivity contribution < 1.29 is 8.42 Å². The Balaban J connectivity index is 2.16. The lowest BCUT2D eigenvalue weighted by Crippen LogP contribution is -2.34. The minimum absolute atomic E-state index is 0.391. The van der Waals surface area contributed by atoms with E-state index in [1.54, 1.807) is 16.4 Å². The highest BCUT2D eigenvalue weighted by Crippen LogP contribution is 2.17. The van der Waals surface area contributed by atoms with Crippen LogP contribution in [-0.4, -0.2) is 57.9 Å². The fourth-order valence-electron chi connectivity index (χ4n) is 2.34. The Hall–Kier alpha value is -0.950. The number of benzene rings is 1. The zero-order valence-corrected chi connectivity index (χ0v) is 13.0. The summed E-state index contributed by atoms with van der Waals surface area (Å²) in [6, 6.07) is 7.21. The molecule has 0 bridgehead atoms. The first-order valence-corrected chi connectivity index (χ1v) is 8.39. The highest BCUT2D eigenvalue weighted by atomic mass is 32.2. The molecule has 0 radical (unpaired) electrons. The van der Waals surface area contributed by atoms with Gasteiger partial charge in [0.2, 0.25) is 10.0 Å². The Morgan fingerprint density at radius 3 is 2.50 bits per heavy atom. The van der Waals surface area contributed by atoms with E-state index in [0.717, 1.165) is 31.6 Å². The summed E-state index contributed by atoms with van der Waals surface area (Å²) in [5.74, 6) is 0. The van der Waals surface area contributed by atoms with E-state index >= 15 is 0 Å². The van der Waals surface area contributed by atoms with Crippen LogP contribution in [0.2, 0.25) is 0 Å². The molecule has 1 N–H and O–H groups in total. The van der Waals surface area contributed by atoms with Crippen LogP contribution in [0.25, 0.3) is 0 Å². The van der Waals surface area contributed by atoms with Crippen LogP contribution in [0.15, 0.2) is 29.2 Å². The smallest absolute Gasteiger partial charge is 0.243 e. The lowest BCUT2D eigenvalue weighted by atomic mass is 10.2. The van der Waals surface area contributed by atoms with Crippen LogP contribution < -0.4 is 5.32 Å². The molecule has 1 aliphatic heterocycles. The van der Waals surface area contributed by atoms with Gasteiger partial charge in [0, 0.05) is 26.2 Å². The van der Waals surface area contributed by atoms with Gasteiger partial charge in [0.25, 0.3) is 0 Å². The fraction of sp³-hybridized carbons (Fsp3) is 0.571. The summed E-state index contributed by atoms with van der Waals surface area (Å²) in [7, 11) is 0.639. The van der Waals surface area contributed by atoms with Gasteiger partial charge >= 0.3 is 0 Å². The number of sulfonamides is 1. The third-order valence-corrected chi connectivity index (χ3v) is 5.27. The molecule has 0 aromatic heterocycles. The van der Waals surface area contributed by atoms with Gasteiger partial charge in [-0.25, -0.2) is 8.42 Å². The number of nitrogens with zero attached hydrogens (tertiary/aromatic N) is 2. The maximum atomic E-state index is 12.6. The van der Waals surface area contributed by atoms with E-state index in [2.05, 4.69) is 10.2 Å². The minimum atomic E-state index is -3.35. The predicted octanol–water partition coefficient (Wildman–Crippen LogP) is 0.732. The van der Waals surface area contributed by atoms with E-state index in [0.29, 0.717) is 18.0 Å². The molecule has 5 nitrogen and oxygen atoms in total. The normalized spacial score (nSPS) is 18.1. The Labute approximate surface area is 121 Å². The second-order valence-corrected chi connectivity index (χ2v) is 7.33.